The van der Waals surface area contributed by atoms with Crippen LogP contribution in [0.1, 0.15) is 19.8 Å². The van der Waals surface area contributed by atoms with E-state index in [0.29, 0.717) is 11.7 Å². The third kappa shape index (κ3) is 1.24. The van der Waals surface area contributed by atoms with E-state index in [1.807, 2.05) is 11.7 Å². The molecule has 0 radical (unpaired) electrons. The van der Waals surface area contributed by atoms with E-state index in [-0.39, 0.29) is 0 Å². The third-order valence-electron chi connectivity index (χ3n) is 2.70. The SMILES string of the molecule is CCC1C=c2c(c(N)nn2C)=CC1. The molecule has 1 atom stereocenters. The Morgan fingerprint density at radius 2 is 2.46 bits per heavy atom. The Bertz CT molecular complexity index is 428. The van der Waals surface area contributed by atoms with Crippen LogP contribution in [0.2, 0.25) is 0 Å². The summed E-state index contributed by atoms with van der Waals surface area (Å²) in [5.41, 5.74) is 5.77. The third-order valence-corrected chi connectivity index (χ3v) is 2.70. The molecule has 1 aliphatic rings. The second-order valence-corrected chi connectivity index (χ2v) is 3.58. The topological polar surface area (TPSA) is 43.8 Å². The minimum Gasteiger partial charge on any atom is -0.382 e. The number of aromatic nitrogens is 2. The Morgan fingerprint density at radius 1 is 1.69 bits per heavy atom. The van der Waals surface area contributed by atoms with Crippen molar-refractivity contribution in [1.29, 1.82) is 0 Å². The maximum absolute atomic E-state index is 5.77. The van der Waals surface area contributed by atoms with Crippen LogP contribution in [0.15, 0.2) is 0 Å². The standard InChI is InChI=1S/C10H15N3/c1-3-7-4-5-8-9(6-7)13(2)12-10(8)11/h5-7H,3-4H2,1-2H3,(H2,11,12). The van der Waals surface area contributed by atoms with E-state index in [9.17, 15) is 0 Å². The van der Waals surface area contributed by atoms with Gasteiger partial charge in [0.25, 0.3) is 0 Å². The Morgan fingerprint density at radius 3 is 3.15 bits per heavy atom. The van der Waals surface area contributed by atoms with Crippen molar-refractivity contribution in [2.75, 3.05) is 5.73 Å². The summed E-state index contributed by atoms with van der Waals surface area (Å²) in [6.07, 6.45) is 6.75. The van der Waals surface area contributed by atoms with E-state index in [2.05, 4.69) is 24.2 Å². The highest BCUT2D eigenvalue weighted by Gasteiger charge is 2.09. The average molecular weight is 177 g/mol. The molecule has 70 valence electrons. The van der Waals surface area contributed by atoms with Crippen LogP contribution in [0.3, 0.4) is 0 Å². The zero-order valence-corrected chi connectivity index (χ0v) is 8.12. The number of anilines is 1. The fourth-order valence-corrected chi connectivity index (χ4v) is 1.83. The largest absolute Gasteiger partial charge is 0.382 e. The summed E-state index contributed by atoms with van der Waals surface area (Å²) in [6, 6.07) is 0. The highest BCUT2D eigenvalue weighted by molar-refractivity contribution is 5.46. The molecule has 0 saturated carbocycles. The van der Waals surface area contributed by atoms with Crippen LogP contribution in [0, 0.1) is 5.92 Å². The maximum atomic E-state index is 5.77. The molecule has 0 aliphatic heterocycles. The van der Waals surface area contributed by atoms with Crippen molar-refractivity contribution in [3.63, 3.8) is 0 Å². The van der Waals surface area contributed by atoms with Crippen molar-refractivity contribution in [1.82, 2.24) is 9.78 Å². The summed E-state index contributed by atoms with van der Waals surface area (Å²) < 4.78 is 1.86. The minimum absolute atomic E-state index is 0.655. The maximum Gasteiger partial charge on any atom is 0.153 e. The van der Waals surface area contributed by atoms with Crippen molar-refractivity contribution >= 4 is 18.0 Å². The molecule has 1 heterocycles. The Labute approximate surface area is 77.5 Å². The molecule has 1 unspecified atom stereocenters. The van der Waals surface area contributed by atoms with Gasteiger partial charge >= 0.3 is 0 Å². The fraction of sp³-hybridized carbons (Fsp3) is 0.500. The summed E-state index contributed by atoms with van der Waals surface area (Å²) in [7, 11) is 1.94. The summed E-state index contributed by atoms with van der Waals surface area (Å²) in [5.74, 6) is 1.31. The van der Waals surface area contributed by atoms with Gasteiger partial charge in [-0.05, 0) is 18.8 Å². The Kier molecular flexibility index (Phi) is 1.87. The lowest BCUT2D eigenvalue weighted by Gasteiger charge is -2.09. The predicted octanol–water partition coefficient (Wildman–Crippen LogP) is -0.00680. The van der Waals surface area contributed by atoms with Gasteiger partial charge in [0.1, 0.15) is 0 Å². The lowest BCUT2D eigenvalue weighted by molar-refractivity contribution is 0.666. The molecule has 0 spiro atoms. The molecule has 1 aromatic heterocycles. The van der Waals surface area contributed by atoms with Gasteiger partial charge in [-0.3, -0.25) is 4.68 Å². The van der Waals surface area contributed by atoms with Crippen molar-refractivity contribution in [2.24, 2.45) is 13.0 Å². The molecule has 0 amide bonds. The van der Waals surface area contributed by atoms with E-state index in [0.717, 1.165) is 11.6 Å². The van der Waals surface area contributed by atoms with Crippen LogP contribution in [0.4, 0.5) is 5.82 Å². The van der Waals surface area contributed by atoms with Crippen LogP contribution in [0.25, 0.3) is 12.2 Å². The van der Waals surface area contributed by atoms with Gasteiger partial charge in [0, 0.05) is 12.3 Å². The van der Waals surface area contributed by atoms with Crippen LogP contribution < -0.4 is 16.3 Å². The number of fused-ring (bicyclic) bond motifs is 1. The number of nitrogens with two attached hydrogens (primary N) is 1. The van der Waals surface area contributed by atoms with E-state index in [1.165, 1.54) is 11.8 Å². The molecule has 1 aliphatic carbocycles. The molecule has 13 heavy (non-hydrogen) atoms. The minimum atomic E-state index is 0.655. The van der Waals surface area contributed by atoms with E-state index in [1.54, 1.807) is 0 Å². The summed E-state index contributed by atoms with van der Waals surface area (Å²) in [6.45, 7) is 2.21. The summed E-state index contributed by atoms with van der Waals surface area (Å²) in [4.78, 5) is 0. The Balaban J connectivity index is 2.66. The number of aryl methyl sites for hydroxylation is 1. The highest BCUT2D eigenvalue weighted by atomic mass is 15.3. The van der Waals surface area contributed by atoms with Gasteiger partial charge < -0.3 is 5.73 Å². The lowest BCUT2D eigenvalue weighted by atomic mass is 9.98. The molecule has 3 heteroatoms. The lowest BCUT2D eigenvalue weighted by Crippen LogP contribution is -2.32. The summed E-state index contributed by atoms with van der Waals surface area (Å²) >= 11 is 0. The number of rotatable bonds is 1. The molecular formula is C10H15N3. The highest BCUT2D eigenvalue weighted by Crippen LogP contribution is 2.12. The van der Waals surface area contributed by atoms with Gasteiger partial charge in [-0.2, -0.15) is 5.10 Å². The first-order valence-electron chi connectivity index (χ1n) is 4.73. The van der Waals surface area contributed by atoms with Gasteiger partial charge in [-0.15, -0.1) is 0 Å². The van der Waals surface area contributed by atoms with E-state index < -0.39 is 0 Å². The molecule has 2 N–H and O–H groups in total. The second kappa shape index (κ2) is 2.91. The fourth-order valence-electron chi connectivity index (χ4n) is 1.83. The molecule has 3 nitrogen and oxygen atoms in total. The molecule has 0 saturated heterocycles. The second-order valence-electron chi connectivity index (χ2n) is 3.58. The van der Waals surface area contributed by atoms with Gasteiger partial charge in [0.05, 0.1) is 5.35 Å². The van der Waals surface area contributed by atoms with Crippen LogP contribution in [-0.4, -0.2) is 9.78 Å². The van der Waals surface area contributed by atoms with Crippen LogP contribution >= 0.6 is 0 Å². The zero-order chi connectivity index (χ0) is 9.42. The molecule has 2 rings (SSSR count). The first kappa shape index (κ1) is 8.35. The van der Waals surface area contributed by atoms with Crippen molar-refractivity contribution in [3.05, 3.63) is 10.6 Å². The normalized spacial score (nSPS) is 20.3. The van der Waals surface area contributed by atoms with Gasteiger partial charge in [-0.25, -0.2) is 0 Å². The van der Waals surface area contributed by atoms with E-state index >= 15 is 0 Å². The molecule has 0 aromatic carbocycles. The number of nitrogen functional groups attached to an aromatic ring is 1. The smallest absolute Gasteiger partial charge is 0.153 e. The van der Waals surface area contributed by atoms with Crippen molar-refractivity contribution in [3.8, 4) is 0 Å². The quantitative estimate of drug-likeness (QED) is 0.656. The monoisotopic (exact) mass is 177 g/mol. The van der Waals surface area contributed by atoms with E-state index in [4.69, 9.17) is 5.73 Å². The van der Waals surface area contributed by atoms with Gasteiger partial charge in [0.2, 0.25) is 0 Å². The van der Waals surface area contributed by atoms with Crippen molar-refractivity contribution < 1.29 is 0 Å². The average Bonchev–Trinajstić information content (AvgIpc) is 2.42. The Hall–Kier alpha value is -1.25. The first-order valence-corrected chi connectivity index (χ1v) is 4.73. The number of hydrogen-bond donors (Lipinski definition) is 1. The number of hydrogen-bond acceptors (Lipinski definition) is 2. The molecular weight excluding hydrogens is 162 g/mol. The summed E-state index contributed by atoms with van der Waals surface area (Å²) in [5, 5.41) is 6.49. The van der Waals surface area contributed by atoms with Crippen LogP contribution in [-0.2, 0) is 7.05 Å². The first-order chi connectivity index (χ1) is 6.22. The number of nitrogens with zero attached hydrogens (tertiary/aromatic N) is 2. The molecule has 1 aromatic rings. The molecule has 0 bridgehead atoms. The van der Waals surface area contributed by atoms with Gasteiger partial charge in [-0.1, -0.05) is 19.1 Å². The zero-order valence-electron chi connectivity index (χ0n) is 8.12. The molecule has 0 fully saturated rings. The van der Waals surface area contributed by atoms with Crippen LogP contribution in [0.5, 0.6) is 0 Å². The van der Waals surface area contributed by atoms with Crippen molar-refractivity contribution in [2.45, 2.75) is 19.8 Å². The van der Waals surface area contributed by atoms with Gasteiger partial charge in [0.15, 0.2) is 5.82 Å². The predicted molar refractivity (Wildman–Crippen MR) is 54.2 cm³/mol.